The zero-order chi connectivity index (χ0) is 11.8. The van der Waals surface area contributed by atoms with Gasteiger partial charge in [-0.1, -0.05) is 36.4 Å². The molecule has 4 heteroatoms. The van der Waals surface area contributed by atoms with Gasteiger partial charge in [0.2, 0.25) is 0 Å². The van der Waals surface area contributed by atoms with Gasteiger partial charge in [-0.05, 0) is 11.5 Å². The second kappa shape index (κ2) is 3.91. The minimum Gasteiger partial charge on any atom is -0.460 e. The van der Waals surface area contributed by atoms with Crippen molar-refractivity contribution in [2.45, 2.75) is 6.42 Å². The Kier molecular flexibility index (Phi) is 2.39. The van der Waals surface area contributed by atoms with Crippen LogP contribution in [0.25, 0.3) is 17.0 Å². The highest BCUT2D eigenvalue weighted by atomic mass is 16.4. The minimum absolute atomic E-state index is 0.482. The summed E-state index contributed by atoms with van der Waals surface area (Å²) in [6, 6.07) is 7.75. The van der Waals surface area contributed by atoms with Gasteiger partial charge in [0.25, 0.3) is 0 Å². The lowest BCUT2D eigenvalue weighted by Crippen LogP contribution is -2.13. The molecule has 17 heavy (non-hydrogen) atoms. The summed E-state index contributed by atoms with van der Waals surface area (Å²) < 4.78 is 5.74. The van der Waals surface area contributed by atoms with Crippen LogP contribution in [0.5, 0.6) is 0 Å². The van der Waals surface area contributed by atoms with Crippen LogP contribution in [0.15, 0.2) is 46.3 Å². The van der Waals surface area contributed by atoms with E-state index in [2.05, 4.69) is 0 Å². The van der Waals surface area contributed by atoms with E-state index in [1.54, 1.807) is 12.2 Å². The first-order valence-corrected chi connectivity index (χ1v) is 5.50. The third-order valence-corrected chi connectivity index (χ3v) is 2.93. The molecule has 3 rings (SSSR count). The first-order chi connectivity index (χ1) is 8.25. The maximum Gasteiger partial charge on any atom is 0.488 e. The van der Waals surface area contributed by atoms with Gasteiger partial charge in [-0.15, -0.1) is 0 Å². The first kappa shape index (κ1) is 10.4. The molecule has 84 valence electrons. The fraction of sp³-hybridized carbons (Fsp3) is 0.0769. The summed E-state index contributed by atoms with van der Waals surface area (Å²) in [4.78, 5) is 0. The molecular formula is C13H11BO3. The molecule has 0 radical (unpaired) electrons. The van der Waals surface area contributed by atoms with Crippen LogP contribution in [0.2, 0.25) is 0 Å². The quantitative estimate of drug-likeness (QED) is 0.730. The Morgan fingerprint density at radius 3 is 2.82 bits per heavy atom. The highest BCUT2D eigenvalue weighted by Crippen LogP contribution is 2.30. The average Bonchev–Trinajstić information content (AvgIpc) is 2.53. The molecule has 1 aromatic heterocycles. The molecule has 0 spiro atoms. The molecule has 2 aromatic rings. The van der Waals surface area contributed by atoms with Gasteiger partial charge in [0, 0.05) is 17.4 Å². The van der Waals surface area contributed by atoms with Crippen molar-refractivity contribution in [3.05, 3.63) is 53.2 Å². The Morgan fingerprint density at radius 1 is 1.18 bits per heavy atom. The highest BCUT2D eigenvalue weighted by molar-refractivity contribution is 6.53. The Morgan fingerprint density at radius 2 is 2.00 bits per heavy atom. The number of hydrogen-bond donors (Lipinski definition) is 2. The molecule has 1 heterocycles. The number of benzene rings is 1. The molecular weight excluding hydrogens is 215 g/mol. The number of rotatable bonds is 1. The van der Waals surface area contributed by atoms with Crippen LogP contribution in [0.3, 0.4) is 0 Å². The van der Waals surface area contributed by atoms with E-state index in [9.17, 15) is 10.0 Å². The second-order valence-corrected chi connectivity index (χ2v) is 4.06. The van der Waals surface area contributed by atoms with Gasteiger partial charge < -0.3 is 14.5 Å². The monoisotopic (exact) mass is 226 g/mol. The topological polar surface area (TPSA) is 53.6 Å². The summed E-state index contributed by atoms with van der Waals surface area (Å²) in [5, 5.41) is 19.5. The lowest BCUT2D eigenvalue weighted by atomic mass is 9.78. The molecule has 1 aliphatic rings. The van der Waals surface area contributed by atoms with E-state index in [0.717, 1.165) is 22.3 Å². The van der Waals surface area contributed by atoms with Crippen molar-refractivity contribution in [2.75, 3.05) is 0 Å². The van der Waals surface area contributed by atoms with Gasteiger partial charge in [-0.2, -0.15) is 0 Å². The van der Waals surface area contributed by atoms with Crippen LogP contribution in [-0.2, 0) is 6.42 Å². The Balaban J connectivity index is 2.26. The minimum atomic E-state index is -1.45. The van der Waals surface area contributed by atoms with Gasteiger partial charge in [-0.3, -0.25) is 0 Å². The summed E-state index contributed by atoms with van der Waals surface area (Å²) in [6.45, 7) is 0. The summed E-state index contributed by atoms with van der Waals surface area (Å²) in [5.41, 5.74) is 2.25. The van der Waals surface area contributed by atoms with Crippen molar-refractivity contribution in [1.29, 1.82) is 0 Å². The van der Waals surface area contributed by atoms with Gasteiger partial charge in [0.15, 0.2) is 0 Å². The van der Waals surface area contributed by atoms with Crippen molar-refractivity contribution in [3.63, 3.8) is 0 Å². The zero-order valence-corrected chi connectivity index (χ0v) is 9.13. The third-order valence-electron chi connectivity index (χ3n) is 2.93. The predicted molar refractivity (Wildman–Crippen MR) is 67.2 cm³/mol. The fourth-order valence-electron chi connectivity index (χ4n) is 2.10. The van der Waals surface area contributed by atoms with Gasteiger partial charge in [0.05, 0.1) is 0 Å². The second-order valence-electron chi connectivity index (χ2n) is 4.06. The lowest BCUT2D eigenvalue weighted by molar-refractivity contribution is 0.421. The van der Waals surface area contributed by atoms with E-state index >= 15 is 0 Å². The van der Waals surface area contributed by atoms with E-state index in [-0.39, 0.29) is 0 Å². The van der Waals surface area contributed by atoms with Crippen molar-refractivity contribution in [1.82, 2.24) is 0 Å². The predicted octanol–water partition coefficient (Wildman–Crippen LogP) is 1.94. The zero-order valence-electron chi connectivity index (χ0n) is 9.13. The molecule has 0 unspecified atom stereocenters. The Hall–Kier alpha value is -1.78. The first-order valence-electron chi connectivity index (χ1n) is 5.50. The molecule has 0 aliphatic heterocycles. The van der Waals surface area contributed by atoms with Gasteiger partial charge in [0.1, 0.15) is 11.3 Å². The molecule has 0 saturated heterocycles. The molecule has 0 bridgehead atoms. The number of fused-ring (bicyclic) bond motifs is 3. The molecule has 3 nitrogen and oxygen atoms in total. The van der Waals surface area contributed by atoms with Crippen LogP contribution >= 0.6 is 0 Å². The number of hydrogen-bond acceptors (Lipinski definition) is 3. The lowest BCUT2D eigenvalue weighted by Gasteiger charge is -1.98. The summed E-state index contributed by atoms with van der Waals surface area (Å²) in [6.07, 6.45) is 6.03. The van der Waals surface area contributed by atoms with E-state index in [1.165, 1.54) is 0 Å². The van der Waals surface area contributed by atoms with Crippen LogP contribution in [0.1, 0.15) is 11.3 Å². The summed E-state index contributed by atoms with van der Waals surface area (Å²) in [7, 11) is -1.45. The van der Waals surface area contributed by atoms with Crippen molar-refractivity contribution < 1.29 is 14.5 Å². The maximum absolute atomic E-state index is 9.24. The normalized spacial score (nSPS) is 14.4. The van der Waals surface area contributed by atoms with Gasteiger partial charge in [-0.25, -0.2) is 0 Å². The molecule has 0 saturated carbocycles. The highest BCUT2D eigenvalue weighted by Gasteiger charge is 2.18. The molecule has 2 N–H and O–H groups in total. The molecule has 1 aliphatic carbocycles. The van der Waals surface area contributed by atoms with Crippen LogP contribution in [0, 0.1) is 0 Å². The number of furan rings is 1. The van der Waals surface area contributed by atoms with Crippen LogP contribution in [0.4, 0.5) is 0 Å². The Labute approximate surface area is 98.8 Å². The van der Waals surface area contributed by atoms with E-state index in [4.69, 9.17) is 4.42 Å². The fourth-order valence-corrected chi connectivity index (χ4v) is 2.10. The van der Waals surface area contributed by atoms with Gasteiger partial charge >= 0.3 is 7.12 Å². The summed E-state index contributed by atoms with van der Waals surface area (Å²) >= 11 is 0. The average molecular weight is 226 g/mol. The molecule has 0 fully saturated rings. The largest absolute Gasteiger partial charge is 0.488 e. The maximum atomic E-state index is 9.24. The summed E-state index contributed by atoms with van der Waals surface area (Å²) in [5.74, 6) is 0.859. The van der Waals surface area contributed by atoms with Crippen LogP contribution in [-0.4, -0.2) is 17.2 Å². The SMILES string of the molecule is OB(O)C1=Cc2c(oc3ccccc23)CC=C1. The van der Waals surface area contributed by atoms with E-state index < -0.39 is 7.12 Å². The number of para-hydroxylation sites is 1. The number of allylic oxidation sites excluding steroid dienone is 3. The molecule has 1 aromatic carbocycles. The standard InChI is InChI=1S/C13H11BO3/c15-14(16)9-4-3-7-13-11(8-9)10-5-1-2-6-12(10)17-13/h1-6,8,15-16H,7H2. The van der Waals surface area contributed by atoms with Crippen molar-refractivity contribution in [3.8, 4) is 0 Å². The van der Waals surface area contributed by atoms with E-state index in [1.807, 2.05) is 30.3 Å². The van der Waals surface area contributed by atoms with Crippen LogP contribution < -0.4 is 0 Å². The smallest absolute Gasteiger partial charge is 0.460 e. The third kappa shape index (κ3) is 1.71. The van der Waals surface area contributed by atoms with E-state index in [0.29, 0.717) is 11.9 Å². The Bertz CT molecular complexity index is 623. The molecule has 0 amide bonds. The molecule has 0 atom stereocenters. The van der Waals surface area contributed by atoms with Crippen molar-refractivity contribution in [2.24, 2.45) is 0 Å². The van der Waals surface area contributed by atoms with Crippen molar-refractivity contribution >= 4 is 24.2 Å².